The van der Waals surface area contributed by atoms with Crippen molar-refractivity contribution in [3.05, 3.63) is 53.0 Å². The van der Waals surface area contributed by atoms with Crippen molar-refractivity contribution >= 4 is 17.4 Å². The van der Waals surface area contributed by atoms with Crippen LogP contribution in [0.3, 0.4) is 0 Å². The number of hydrogen-bond acceptors (Lipinski definition) is 8. The minimum absolute atomic E-state index is 0.126. The number of aromatic nitrogens is 1. The molecule has 1 saturated carbocycles. The molecule has 8 nitrogen and oxygen atoms in total. The first-order valence-corrected chi connectivity index (χ1v) is 10.9. The standard InChI is InChI=1S/C24H27N2O6/c1-30-21-12-15(8-9-20(21)32-16-6-4-3-5-7-16)17(13-22(27)31-2)23-24(28)18-14-25-11-10-19(18)26(23)29/h8-12,14,16-17,23H,3-7,13H2,1-2H3/q-1. The second kappa shape index (κ2) is 9.56. The number of ketones is 1. The zero-order valence-electron chi connectivity index (χ0n) is 18.3. The maximum Gasteiger partial charge on any atom is 0.306 e. The molecule has 0 radical (unpaired) electrons. The summed E-state index contributed by atoms with van der Waals surface area (Å²) < 4.78 is 16.6. The number of carbonyl (C=O) groups excluding carboxylic acids is 2. The number of hydrogen-bond donors (Lipinski definition) is 0. The molecule has 1 aromatic carbocycles. The van der Waals surface area contributed by atoms with Crippen LogP contribution < -0.4 is 14.5 Å². The van der Waals surface area contributed by atoms with Crippen LogP contribution in [0.5, 0.6) is 11.5 Å². The van der Waals surface area contributed by atoms with E-state index < -0.39 is 17.9 Å². The molecule has 0 amide bonds. The van der Waals surface area contributed by atoms with Crippen LogP contribution in [0.25, 0.3) is 0 Å². The van der Waals surface area contributed by atoms with Gasteiger partial charge in [-0.2, -0.15) is 0 Å². The van der Waals surface area contributed by atoms with E-state index in [2.05, 4.69) is 4.98 Å². The van der Waals surface area contributed by atoms with Gasteiger partial charge < -0.3 is 24.5 Å². The van der Waals surface area contributed by atoms with Crippen molar-refractivity contribution < 1.29 is 23.8 Å². The molecule has 1 aliphatic heterocycles. The van der Waals surface area contributed by atoms with Gasteiger partial charge in [0.2, 0.25) is 0 Å². The molecule has 32 heavy (non-hydrogen) atoms. The quantitative estimate of drug-likeness (QED) is 0.596. The summed E-state index contributed by atoms with van der Waals surface area (Å²) in [6.45, 7) is 0. The lowest BCUT2D eigenvalue weighted by Crippen LogP contribution is -2.38. The van der Waals surface area contributed by atoms with Crippen molar-refractivity contribution in [1.29, 1.82) is 0 Å². The average molecular weight is 439 g/mol. The minimum atomic E-state index is -1.09. The highest BCUT2D eigenvalue weighted by Gasteiger charge is 2.40. The van der Waals surface area contributed by atoms with E-state index in [9.17, 15) is 14.8 Å². The number of Topliss-reactive ketones (excluding diaryl/α,β-unsaturated/α-hetero) is 1. The Morgan fingerprint density at radius 2 is 1.97 bits per heavy atom. The number of nitrogens with zero attached hydrogens (tertiary/aromatic N) is 2. The fourth-order valence-corrected chi connectivity index (χ4v) is 4.58. The van der Waals surface area contributed by atoms with Crippen LogP contribution in [-0.2, 0) is 9.53 Å². The van der Waals surface area contributed by atoms with E-state index in [0.717, 1.165) is 25.7 Å². The number of hydroxylamine groups is 1. The molecule has 2 unspecified atom stereocenters. The third-order valence-corrected chi connectivity index (χ3v) is 6.28. The van der Waals surface area contributed by atoms with Crippen LogP contribution >= 0.6 is 0 Å². The first-order chi connectivity index (χ1) is 15.5. The molecule has 170 valence electrons. The van der Waals surface area contributed by atoms with Gasteiger partial charge in [-0.05, 0) is 49.4 Å². The van der Waals surface area contributed by atoms with Crippen LogP contribution in [0, 0.1) is 5.21 Å². The maximum atomic E-state index is 13.1. The molecule has 8 heteroatoms. The Hall–Kier alpha value is -3.13. The number of benzene rings is 1. The highest BCUT2D eigenvalue weighted by Crippen LogP contribution is 2.41. The number of carbonyl (C=O) groups is 2. The molecule has 2 heterocycles. The van der Waals surface area contributed by atoms with Crippen LogP contribution in [-0.4, -0.2) is 43.1 Å². The lowest BCUT2D eigenvalue weighted by Gasteiger charge is -2.37. The van der Waals surface area contributed by atoms with Gasteiger partial charge in [-0.25, -0.2) is 0 Å². The summed E-state index contributed by atoms with van der Waals surface area (Å²) in [6.07, 6.45) is 8.39. The van der Waals surface area contributed by atoms with Crippen molar-refractivity contribution in [2.24, 2.45) is 0 Å². The Kier molecular flexibility index (Phi) is 6.60. The number of methoxy groups -OCH3 is 2. The Labute approximate surface area is 187 Å². The number of pyridine rings is 1. The lowest BCUT2D eigenvalue weighted by atomic mass is 9.86. The summed E-state index contributed by atoms with van der Waals surface area (Å²) in [5.74, 6) is -0.475. The Morgan fingerprint density at radius 3 is 2.66 bits per heavy atom. The van der Waals surface area contributed by atoms with Crippen molar-refractivity contribution in [2.75, 3.05) is 19.3 Å². The highest BCUT2D eigenvalue weighted by atomic mass is 16.5. The van der Waals surface area contributed by atoms with Crippen molar-refractivity contribution in [2.45, 2.75) is 56.6 Å². The van der Waals surface area contributed by atoms with E-state index in [0.29, 0.717) is 22.1 Å². The molecular weight excluding hydrogens is 412 g/mol. The SMILES string of the molecule is COC(=O)CC(c1ccc(OC2CCCCC2)c(OC)c1)C1C(=O)c2cnccc2N1[O-]. The van der Waals surface area contributed by atoms with E-state index in [1.54, 1.807) is 25.3 Å². The van der Waals surface area contributed by atoms with Gasteiger partial charge in [0, 0.05) is 24.0 Å². The summed E-state index contributed by atoms with van der Waals surface area (Å²) in [7, 11) is 2.83. The van der Waals surface area contributed by atoms with Crippen LogP contribution in [0.1, 0.15) is 60.4 Å². The minimum Gasteiger partial charge on any atom is -0.758 e. The van der Waals surface area contributed by atoms with Gasteiger partial charge in [0.25, 0.3) is 0 Å². The largest absolute Gasteiger partial charge is 0.758 e. The average Bonchev–Trinajstić information content (AvgIpc) is 3.08. The van der Waals surface area contributed by atoms with Gasteiger partial charge in [0.1, 0.15) is 0 Å². The van der Waals surface area contributed by atoms with Gasteiger partial charge in [0.05, 0.1) is 38.3 Å². The molecule has 2 aliphatic rings. The van der Waals surface area contributed by atoms with Crippen LogP contribution in [0.15, 0.2) is 36.7 Å². The predicted octanol–water partition coefficient (Wildman–Crippen LogP) is 4.02. The van der Waals surface area contributed by atoms with Gasteiger partial charge in [0.15, 0.2) is 17.3 Å². The van der Waals surface area contributed by atoms with Crippen molar-refractivity contribution in [1.82, 2.24) is 4.98 Å². The smallest absolute Gasteiger partial charge is 0.306 e. The third-order valence-electron chi connectivity index (χ3n) is 6.28. The Balaban J connectivity index is 1.66. The molecule has 1 aliphatic carbocycles. The second-order valence-electron chi connectivity index (χ2n) is 8.20. The predicted molar refractivity (Wildman–Crippen MR) is 118 cm³/mol. The van der Waals surface area contributed by atoms with Gasteiger partial charge >= 0.3 is 5.97 Å². The van der Waals surface area contributed by atoms with Crippen molar-refractivity contribution in [3.63, 3.8) is 0 Å². The monoisotopic (exact) mass is 439 g/mol. The normalized spacial score (nSPS) is 19.4. The summed E-state index contributed by atoms with van der Waals surface area (Å²) in [5.41, 5.74) is 1.14. The second-order valence-corrected chi connectivity index (χ2v) is 8.20. The van der Waals surface area contributed by atoms with E-state index >= 15 is 0 Å². The first-order valence-electron chi connectivity index (χ1n) is 10.9. The molecule has 1 aromatic heterocycles. The van der Waals surface area contributed by atoms with Gasteiger partial charge in [-0.15, -0.1) is 0 Å². The number of anilines is 1. The number of rotatable bonds is 7. The highest BCUT2D eigenvalue weighted by molar-refractivity contribution is 6.11. The molecule has 4 rings (SSSR count). The molecule has 1 fully saturated rings. The first kappa shape index (κ1) is 22.1. The molecule has 0 N–H and O–H groups in total. The molecule has 0 spiro atoms. The summed E-state index contributed by atoms with van der Waals surface area (Å²) in [5, 5.41) is 13.7. The van der Waals surface area contributed by atoms with Crippen molar-refractivity contribution in [3.8, 4) is 11.5 Å². The summed E-state index contributed by atoms with van der Waals surface area (Å²) in [6, 6.07) is 5.74. The van der Waals surface area contributed by atoms with E-state index in [1.807, 2.05) is 0 Å². The number of ether oxygens (including phenoxy) is 3. The molecule has 0 bridgehead atoms. The lowest BCUT2D eigenvalue weighted by molar-refractivity contribution is -0.141. The molecule has 0 saturated heterocycles. The third kappa shape index (κ3) is 4.27. The Bertz CT molecular complexity index is 988. The van der Waals surface area contributed by atoms with E-state index in [-0.39, 0.29) is 29.6 Å². The van der Waals surface area contributed by atoms with Gasteiger partial charge in [-0.3, -0.25) is 14.6 Å². The fraction of sp³-hybridized carbons (Fsp3) is 0.458. The fourth-order valence-electron chi connectivity index (χ4n) is 4.58. The number of fused-ring (bicyclic) bond motifs is 1. The number of esters is 1. The molecular formula is C24H27N2O6-. The van der Waals surface area contributed by atoms with E-state index in [4.69, 9.17) is 14.2 Å². The maximum absolute atomic E-state index is 13.1. The molecule has 2 atom stereocenters. The van der Waals surface area contributed by atoms with Crippen LogP contribution in [0.4, 0.5) is 5.69 Å². The topological polar surface area (TPSA) is 101 Å². The Morgan fingerprint density at radius 1 is 1.19 bits per heavy atom. The summed E-state index contributed by atoms with van der Waals surface area (Å²) >= 11 is 0. The zero-order chi connectivity index (χ0) is 22.7. The zero-order valence-corrected chi connectivity index (χ0v) is 18.3. The van der Waals surface area contributed by atoms with Gasteiger partial charge in [-0.1, -0.05) is 12.5 Å². The molecule has 2 aromatic rings. The van der Waals surface area contributed by atoms with E-state index in [1.165, 1.54) is 32.0 Å². The van der Waals surface area contributed by atoms with Crippen LogP contribution in [0.2, 0.25) is 0 Å². The summed E-state index contributed by atoms with van der Waals surface area (Å²) in [4.78, 5) is 29.3.